The SMILES string of the molecule is COC(=O)c1sccc1NS(=O)(=O)c1ccc(Cl)c2ncccc12. The molecule has 0 radical (unpaired) electrons. The fourth-order valence-corrected chi connectivity index (χ4v) is 4.50. The highest BCUT2D eigenvalue weighted by atomic mass is 35.5. The zero-order chi connectivity index (χ0) is 17.3. The molecule has 0 unspecified atom stereocenters. The van der Waals surface area contributed by atoms with Gasteiger partial charge in [0.25, 0.3) is 10.0 Å². The van der Waals surface area contributed by atoms with E-state index < -0.39 is 16.0 Å². The number of fused-ring (bicyclic) bond motifs is 1. The van der Waals surface area contributed by atoms with E-state index in [1.807, 2.05) is 0 Å². The lowest BCUT2D eigenvalue weighted by molar-refractivity contribution is 0.0607. The number of thiophene rings is 1. The fourth-order valence-electron chi connectivity index (χ4n) is 2.19. The molecule has 0 saturated carbocycles. The summed E-state index contributed by atoms with van der Waals surface area (Å²) < 4.78 is 32.6. The monoisotopic (exact) mass is 382 g/mol. The fraction of sp³-hybridized carbons (Fsp3) is 0.0667. The smallest absolute Gasteiger partial charge is 0.350 e. The molecule has 0 bridgehead atoms. The maximum Gasteiger partial charge on any atom is 0.350 e. The Morgan fingerprint density at radius 1 is 1.29 bits per heavy atom. The average molecular weight is 383 g/mol. The second-order valence-corrected chi connectivity index (χ2v) is 7.68. The number of methoxy groups -OCH3 is 1. The molecule has 0 aliphatic carbocycles. The Morgan fingerprint density at radius 2 is 2.08 bits per heavy atom. The van der Waals surface area contributed by atoms with Crippen molar-refractivity contribution in [2.24, 2.45) is 0 Å². The van der Waals surface area contributed by atoms with Crippen LogP contribution in [0.1, 0.15) is 9.67 Å². The number of benzene rings is 1. The van der Waals surface area contributed by atoms with Gasteiger partial charge < -0.3 is 4.74 Å². The molecule has 3 rings (SSSR count). The second-order valence-electron chi connectivity index (χ2n) is 4.71. The normalized spacial score (nSPS) is 11.4. The van der Waals surface area contributed by atoms with Crippen molar-refractivity contribution in [2.45, 2.75) is 4.90 Å². The first-order valence-electron chi connectivity index (χ1n) is 6.66. The van der Waals surface area contributed by atoms with E-state index in [9.17, 15) is 13.2 Å². The van der Waals surface area contributed by atoms with E-state index >= 15 is 0 Å². The van der Waals surface area contributed by atoms with Crippen molar-refractivity contribution >= 4 is 55.5 Å². The van der Waals surface area contributed by atoms with Crippen molar-refractivity contribution in [3.05, 3.63) is 51.8 Å². The van der Waals surface area contributed by atoms with Crippen LogP contribution in [0.3, 0.4) is 0 Å². The van der Waals surface area contributed by atoms with E-state index in [1.54, 1.807) is 17.5 Å². The number of anilines is 1. The molecule has 0 aliphatic heterocycles. The highest BCUT2D eigenvalue weighted by molar-refractivity contribution is 7.93. The van der Waals surface area contributed by atoms with Gasteiger partial charge in [-0.3, -0.25) is 9.71 Å². The molecule has 124 valence electrons. The van der Waals surface area contributed by atoms with Crippen molar-refractivity contribution in [2.75, 3.05) is 11.8 Å². The third kappa shape index (κ3) is 2.95. The number of esters is 1. The van der Waals surface area contributed by atoms with Gasteiger partial charge in [0.05, 0.1) is 28.2 Å². The molecule has 0 saturated heterocycles. The third-order valence-electron chi connectivity index (χ3n) is 3.25. The van der Waals surface area contributed by atoms with Gasteiger partial charge in [-0.25, -0.2) is 13.2 Å². The van der Waals surface area contributed by atoms with Gasteiger partial charge in [0.15, 0.2) is 0 Å². The Labute approximate surface area is 147 Å². The van der Waals surface area contributed by atoms with Gasteiger partial charge in [-0.2, -0.15) is 0 Å². The number of halogens is 1. The Bertz CT molecular complexity index is 1030. The average Bonchev–Trinajstić information content (AvgIpc) is 3.01. The summed E-state index contributed by atoms with van der Waals surface area (Å²) >= 11 is 7.16. The number of sulfonamides is 1. The molecular weight excluding hydrogens is 372 g/mol. The molecular formula is C15H11ClN2O4S2. The molecule has 3 aromatic rings. The predicted molar refractivity (Wildman–Crippen MR) is 93.2 cm³/mol. The van der Waals surface area contributed by atoms with Gasteiger partial charge in [0.1, 0.15) is 4.88 Å². The molecule has 0 amide bonds. The maximum absolute atomic E-state index is 12.8. The topological polar surface area (TPSA) is 85.4 Å². The van der Waals surface area contributed by atoms with Crippen molar-refractivity contribution in [3.63, 3.8) is 0 Å². The lowest BCUT2D eigenvalue weighted by Gasteiger charge is -2.11. The predicted octanol–water partition coefficient (Wildman–Crippen LogP) is 3.54. The lowest BCUT2D eigenvalue weighted by atomic mass is 10.2. The van der Waals surface area contributed by atoms with E-state index in [2.05, 4.69) is 14.4 Å². The van der Waals surface area contributed by atoms with Crippen LogP contribution in [0.4, 0.5) is 5.69 Å². The van der Waals surface area contributed by atoms with E-state index in [-0.39, 0.29) is 15.5 Å². The maximum atomic E-state index is 12.8. The summed E-state index contributed by atoms with van der Waals surface area (Å²) in [7, 11) is -2.71. The van der Waals surface area contributed by atoms with Crippen molar-refractivity contribution in [1.82, 2.24) is 4.98 Å². The Morgan fingerprint density at radius 3 is 2.83 bits per heavy atom. The minimum absolute atomic E-state index is 0.0250. The second kappa shape index (κ2) is 6.39. The summed E-state index contributed by atoms with van der Waals surface area (Å²) in [4.78, 5) is 16.0. The zero-order valence-corrected chi connectivity index (χ0v) is 14.7. The van der Waals surface area contributed by atoms with Crippen LogP contribution in [-0.4, -0.2) is 26.5 Å². The van der Waals surface area contributed by atoms with Gasteiger partial charge in [-0.1, -0.05) is 11.6 Å². The Kier molecular flexibility index (Phi) is 4.44. The molecule has 0 aliphatic rings. The molecule has 0 spiro atoms. The van der Waals surface area contributed by atoms with Gasteiger partial charge in [0, 0.05) is 11.6 Å². The van der Waals surface area contributed by atoms with Crippen molar-refractivity contribution in [3.8, 4) is 0 Å². The highest BCUT2D eigenvalue weighted by Gasteiger charge is 2.23. The van der Waals surface area contributed by atoms with Gasteiger partial charge in [0.2, 0.25) is 0 Å². The highest BCUT2D eigenvalue weighted by Crippen LogP contribution is 2.30. The molecule has 0 fully saturated rings. The number of hydrogen-bond donors (Lipinski definition) is 1. The number of ether oxygens (including phenoxy) is 1. The van der Waals surface area contributed by atoms with Crippen LogP contribution in [0.15, 0.2) is 46.8 Å². The molecule has 1 aromatic carbocycles. The molecule has 0 atom stereocenters. The number of nitrogens with one attached hydrogen (secondary N) is 1. The van der Waals surface area contributed by atoms with Crippen LogP contribution < -0.4 is 4.72 Å². The molecule has 2 heterocycles. The zero-order valence-electron chi connectivity index (χ0n) is 12.3. The van der Waals surface area contributed by atoms with E-state index in [0.29, 0.717) is 15.9 Å². The summed E-state index contributed by atoms with van der Waals surface area (Å²) in [5, 5.41) is 2.36. The molecule has 6 nitrogen and oxygen atoms in total. The van der Waals surface area contributed by atoms with E-state index in [4.69, 9.17) is 11.6 Å². The summed E-state index contributed by atoms with van der Waals surface area (Å²) in [6, 6.07) is 7.63. The summed E-state index contributed by atoms with van der Waals surface area (Å²) in [5.41, 5.74) is 0.555. The minimum Gasteiger partial charge on any atom is -0.465 e. The largest absolute Gasteiger partial charge is 0.465 e. The van der Waals surface area contributed by atoms with E-state index in [1.165, 1.54) is 31.5 Å². The minimum atomic E-state index is -3.94. The molecule has 1 N–H and O–H groups in total. The molecule has 9 heteroatoms. The number of hydrogen-bond acceptors (Lipinski definition) is 6. The van der Waals surface area contributed by atoms with Crippen molar-refractivity contribution in [1.29, 1.82) is 0 Å². The first kappa shape index (κ1) is 16.7. The van der Waals surface area contributed by atoms with Gasteiger partial charge in [-0.05, 0) is 35.7 Å². The van der Waals surface area contributed by atoms with E-state index in [0.717, 1.165) is 11.3 Å². The van der Waals surface area contributed by atoms with Crippen LogP contribution in [0.2, 0.25) is 5.02 Å². The summed E-state index contributed by atoms with van der Waals surface area (Å²) in [6.45, 7) is 0. The quantitative estimate of drug-likeness (QED) is 0.697. The first-order valence-corrected chi connectivity index (χ1v) is 9.40. The summed E-state index contributed by atoms with van der Waals surface area (Å²) in [6.07, 6.45) is 1.53. The van der Waals surface area contributed by atoms with Crippen LogP contribution in [0.5, 0.6) is 0 Å². The number of carbonyl (C=O) groups excluding carboxylic acids is 1. The number of rotatable bonds is 4. The number of nitrogens with zero attached hydrogens (tertiary/aromatic N) is 1. The van der Waals surface area contributed by atoms with Crippen LogP contribution in [0.25, 0.3) is 10.9 Å². The van der Waals surface area contributed by atoms with Gasteiger partial charge >= 0.3 is 5.97 Å². The molecule has 24 heavy (non-hydrogen) atoms. The third-order valence-corrected chi connectivity index (χ3v) is 5.87. The van der Waals surface area contributed by atoms with Crippen LogP contribution in [0, 0.1) is 0 Å². The standard InChI is InChI=1S/C15H11ClN2O4S2/c1-22-15(19)14-11(6-8-23-14)18-24(20,21)12-5-4-10(16)13-9(12)3-2-7-17-13/h2-8,18H,1H3. The number of aromatic nitrogens is 1. The summed E-state index contributed by atoms with van der Waals surface area (Å²) in [5.74, 6) is -0.606. The van der Waals surface area contributed by atoms with Gasteiger partial charge in [-0.15, -0.1) is 11.3 Å². The first-order chi connectivity index (χ1) is 11.4. The molecule has 2 aromatic heterocycles. The lowest BCUT2D eigenvalue weighted by Crippen LogP contribution is -2.15. The Balaban J connectivity index is 2.09. The van der Waals surface area contributed by atoms with Crippen molar-refractivity contribution < 1.29 is 17.9 Å². The van der Waals surface area contributed by atoms with Crippen LogP contribution in [-0.2, 0) is 14.8 Å². The van der Waals surface area contributed by atoms with Crippen LogP contribution >= 0.6 is 22.9 Å². The Hall–Kier alpha value is -2.16. The number of carbonyl (C=O) groups is 1. The number of pyridine rings is 1.